The molecule has 0 aromatic carbocycles. The molecule has 5 heteroatoms. The lowest BCUT2D eigenvalue weighted by Crippen LogP contribution is -2.32. The molecule has 0 unspecified atom stereocenters. The summed E-state index contributed by atoms with van der Waals surface area (Å²) in [6.07, 6.45) is 0. The molecule has 0 fully saturated rings. The largest absolute Gasteiger partial charge is 0.478 e. The number of likely N-dealkylation sites (N-methyl/N-ethyl adjacent to an activating group) is 1. The number of aromatic carboxylic acids is 1. The highest BCUT2D eigenvalue weighted by molar-refractivity contribution is 5.90. The van der Waals surface area contributed by atoms with Crippen LogP contribution in [-0.4, -0.2) is 40.2 Å². The van der Waals surface area contributed by atoms with E-state index in [2.05, 4.69) is 18.7 Å². The molecule has 0 aliphatic heterocycles. The molecule has 106 valence electrons. The lowest BCUT2D eigenvalue weighted by Gasteiger charge is -2.20. The highest BCUT2D eigenvalue weighted by Gasteiger charge is 2.15. The fraction of sp³-hybridized carbons (Fsp3) is 0.571. The van der Waals surface area contributed by atoms with E-state index in [4.69, 9.17) is 0 Å². The van der Waals surface area contributed by atoms with Crippen molar-refractivity contribution in [3.05, 3.63) is 33.2 Å². The fourth-order valence-corrected chi connectivity index (χ4v) is 2.30. The molecule has 19 heavy (non-hydrogen) atoms. The third kappa shape index (κ3) is 3.44. The Kier molecular flexibility index (Phi) is 5.30. The summed E-state index contributed by atoms with van der Waals surface area (Å²) in [5.74, 6) is -0.980. The van der Waals surface area contributed by atoms with Crippen LogP contribution < -0.4 is 5.56 Å². The van der Waals surface area contributed by atoms with Gasteiger partial charge in [0.2, 0.25) is 0 Å². The average Bonchev–Trinajstić information content (AvgIpc) is 2.32. The Hall–Kier alpha value is -1.62. The Balaban J connectivity index is 3.11. The van der Waals surface area contributed by atoms with Crippen molar-refractivity contribution >= 4 is 5.97 Å². The van der Waals surface area contributed by atoms with Gasteiger partial charge in [-0.1, -0.05) is 13.8 Å². The van der Waals surface area contributed by atoms with E-state index < -0.39 is 5.97 Å². The van der Waals surface area contributed by atoms with Crippen molar-refractivity contribution in [1.82, 2.24) is 9.47 Å². The summed E-state index contributed by atoms with van der Waals surface area (Å²) in [7, 11) is 0. The second-order valence-corrected chi connectivity index (χ2v) is 4.61. The first-order valence-corrected chi connectivity index (χ1v) is 6.59. The SMILES string of the molecule is CCN(CC)CCn1c(C)c(C(=O)O)c(C)cc1=O. The van der Waals surface area contributed by atoms with Crippen LogP contribution in [0.25, 0.3) is 0 Å². The van der Waals surface area contributed by atoms with Crippen LogP contribution in [-0.2, 0) is 6.54 Å². The standard InChI is InChI=1S/C14H22N2O3/c1-5-15(6-2)7-8-16-11(4)13(14(18)19)10(3)9-12(16)17/h9H,5-8H2,1-4H3,(H,18,19). The molecule has 1 aromatic heterocycles. The Morgan fingerprint density at radius 2 is 1.89 bits per heavy atom. The average molecular weight is 266 g/mol. The molecule has 0 amide bonds. The highest BCUT2D eigenvalue weighted by Crippen LogP contribution is 2.11. The third-order valence-corrected chi connectivity index (χ3v) is 3.52. The number of carbonyl (C=O) groups is 1. The van der Waals surface area contributed by atoms with E-state index in [-0.39, 0.29) is 11.1 Å². The normalized spacial score (nSPS) is 11.0. The molecule has 0 bridgehead atoms. The van der Waals surface area contributed by atoms with Crippen molar-refractivity contribution in [3.63, 3.8) is 0 Å². The van der Waals surface area contributed by atoms with Crippen molar-refractivity contribution in [2.75, 3.05) is 19.6 Å². The van der Waals surface area contributed by atoms with Gasteiger partial charge in [-0.2, -0.15) is 0 Å². The smallest absolute Gasteiger partial charge is 0.337 e. The molecule has 1 heterocycles. The van der Waals surface area contributed by atoms with Gasteiger partial charge in [0.25, 0.3) is 5.56 Å². The second-order valence-electron chi connectivity index (χ2n) is 4.61. The maximum absolute atomic E-state index is 12.0. The Morgan fingerprint density at radius 1 is 1.32 bits per heavy atom. The lowest BCUT2D eigenvalue weighted by molar-refractivity contribution is 0.0694. The van der Waals surface area contributed by atoms with Gasteiger partial charge < -0.3 is 14.6 Å². The minimum atomic E-state index is -0.980. The molecule has 0 aliphatic rings. The number of carboxylic acid groups (broad SMARTS) is 1. The summed E-state index contributed by atoms with van der Waals surface area (Å²) < 4.78 is 1.55. The fourth-order valence-electron chi connectivity index (χ4n) is 2.30. The number of carboxylic acids is 1. The molecule has 1 rings (SSSR count). The summed E-state index contributed by atoms with van der Waals surface area (Å²) in [6, 6.07) is 1.40. The van der Waals surface area contributed by atoms with Crippen LogP contribution in [0.1, 0.15) is 35.5 Å². The number of hydrogen-bond donors (Lipinski definition) is 1. The molecule has 0 saturated carbocycles. The Morgan fingerprint density at radius 3 is 2.37 bits per heavy atom. The van der Waals surface area contributed by atoms with Crippen molar-refractivity contribution in [2.24, 2.45) is 0 Å². The monoisotopic (exact) mass is 266 g/mol. The molecular weight excluding hydrogens is 244 g/mol. The predicted octanol–water partition coefficient (Wildman–Crippen LogP) is 1.51. The summed E-state index contributed by atoms with van der Waals surface area (Å²) >= 11 is 0. The summed E-state index contributed by atoms with van der Waals surface area (Å²) in [5.41, 5.74) is 1.16. The van der Waals surface area contributed by atoms with Gasteiger partial charge in [0.05, 0.1) is 5.56 Å². The molecule has 0 spiro atoms. The van der Waals surface area contributed by atoms with Crippen LogP contribution in [0.4, 0.5) is 0 Å². The third-order valence-electron chi connectivity index (χ3n) is 3.52. The molecular formula is C14H22N2O3. The van der Waals surface area contributed by atoms with Gasteiger partial charge in [0.15, 0.2) is 0 Å². The topological polar surface area (TPSA) is 62.5 Å². The zero-order valence-electron chi connectivity index (χ0n) is 12.1. The van der Waals surface area contributed by atoms with Crippen molar-refractivity contribution < 1.29 is 9.90 Å². The van der Waals surface area contributed by atoms with Crippen LogP contribution in [0, 0.1) is 13.8 Å². The second kappa shape index (κ2) is 6.52. The number of hydrogen-bond acceptors (Lipinski definition) is 3. The maximum atomic E-state index is 12.0. The van der Waals surface area contributed by atoms with Crippen LogP contribution in [0.15, 0.2) is 10.9 Å². The number of pyridine rings is 1. The van der Waals surface area contributed by atoms with Gasteiger partial charge in [0.1, 0.15) is 0 Å². The number of aryl methyl sites for hydroxylation is 1. The number of nitrogens with zero attached hydrogens (tertiary/aromatic N) is 2. The van der Waals surface area contributed by atoms with E-state index in [0.29, 0.717) is 17.8 Å². The van der Waals surface area contributed by atoms with E-state index in [9.17, 15) is 14.7 Å². The van der Waals surface area contributed by atoms with Crippen molar-refractivity contribution in [2.45, 2.75) is 34.2 Å². The van der Waals surface area contributed by atoms with Crippen molar-refractivity contribution in [3.8, 4) is 0 Å². The molecule has 0 saturated heterocycles. The van der Waals surface area contributed by atoms with E-state index >= 15 is 0 Å². The van der Waals surface area contributed by atoms with Gasteiger partial charge in [-0.15, -0.1) is 0 Å². The van der Waals surface area contributed by atoms with E-state index in [0.717, 1.165) is 19.6 Å². The van der Waals surface area contributed by atoms with Gasteiger partial charge in [-0.05, 0) is 32.5 Å². The molecule has 1 N–H and O–H groups in total. The Labute approximate surface area is 113 Å². The van der Waals surface area contributed by atoms with E-state index in [1.165, 1.54) is 6.07 Å². The van der Waals surface area contributed by atoms with Crippen LogP contribution in [0.2, 0.25) is 0 Å². The van der Waals surface area contributed by atoms with Gasteiger partial charge in [0, 0.05) is 24.8 Å². The van der Waals surface area contributed by atoms with Crippen LogP contribution >= 0.6 is 0 Å². The maximum Gasteiger partial charge on any atom is 0.337 e. The first-order valence-electron chi connectivity index (χ1n) is 6.59. The minimum absolute atomic E-state index is 0.132. The first-order chi connectivity index (χ1) is 8.92. The highest BCUT2D eigenvalue weighted by atomic mass is 16.4. The minimum Gasteiger partial charge on any atom is -0.478 e. The molecule has 0 aliphatic carbocycles. The zero-order valence-corrected chi connectivity index (χ0v) is 12.1. The summed E-state index contributed by atoms with van der Waals surface area (Å²) in [5, 5.41) is 9.21. The number of aromatic nitrogens is 1. The Bertz CT molecular complexity index is 516. The number of rotatable bonds is 6. The van der Waals surface area contributed by atoms with Gasteiger partial charge in [-0.3, -0.25) is 4.79 Å². The molecule has 0 radical (unpaired) electrons. The van der Waals surface area contributed by atoms with E-state index in [1.807, 2.05) is 0 Å². The first kappa shape index (κ1) is 15.4. The molecule has 1 aromatic rings. The summed E-state index contributed by atoms with van der Waals surface area (Å²) in [4.78, 5) is 25.4. The summed E-state index contributed by atoms with van der Waals surface area (Å²) in [6.45, 7) is 10.6. The predicted molar refractivity (Wildman–Crippen MR) is 74.9 cm³/mol. The zero-order chi connectivity index (χ0) is 14.6. The lowest BCUT2D eigenvalue weighted by atomic mass is 10.1. The van der Waals surface area contributed by atoms with Gasteiger partial charge in [-0.25, -0.2) is 4.79 Å². The quantitative estimate of drug-likeness (QED) is 0.847. The van der Waals surface area contributed by atoms with Crippen LogP contribution in [0.5, 0.6) is 0 Å². The van der Waals surface area contributed by atoms with Crippen molar-refractivity contribution in [1.29, 1.82) is 0 Å². The molecule has 0 atom stereocenters. The molecule has 5 nitrogen and oxygen atoms in total. The van der Waals surface area contributed by atoms with Gasteiger partial charge >= 0.3 is 5.97 Å². The van der Waals surface area contributed by atoms with Crippen LogP contribution in [0.3, 0.4) is 0 Å². The van der Waals surface area contributed by atoms with E-state index in [1.54, 1.807) is 18.4 Å².